The first kappa shape index (κ1) is 14.8. The fourth-order valence-corrected chi connectivity index (χ4v) is 2.45. The highest BCUT2D eigenvalue weighted by Crippen LogP contribution is 2.19. The zero-order valence-corrected chi connectivity index (χ0v) is 12.6. The maximum atomic E-state index is 12.1. The minimum Gasteiger partial charge on any atom is -0.494 e. The van der Waals surface area contributed by atoms with Crippen LogP contribution in [0.25, 0.3) is 5.69 Å². The highest BCUT2D eigenvalue weighted by Gasteiger charge is 2.15. The van der Waals surface area contributed by atoms with Gasteiger partial charge in [-0.3, -0.25) is 9.78 Å². The van der Waals surface area contributed by atoms with E-state index in [0.29, 0.717) is 5.69 Å². The Morgan fingerprint density at radius 3 is 2.30 bits per heavy atom. The summed E-state index contributed by atoms with van der Waals surface area (Å²) >= 11 is 0. The fourth-order valence-electron chi connectivity index (χ4n) is 2.45. The predicted molar refractivity (Wildman–Crippen MR) is 88.3 cm³/mol. The van der Waals surface area contributed by atoms with Crippen molar-refractivity contribution in [2.45, 2.75) is 13.3 Å². The quantitative estimate of drug-likeness (QED) is 0.778. The van der Waals surface area contributed by atoms with Crippen LogP contribution in [0.2, 0.25) is 0 Å². The van der Waals surface area contributed by atoms with E-state index < -0.39 is 11.2 Å². The average Bonchev–Trinajstić information content (AvgIpc) is 2.54. The standard InChI is InChI=1S/C18H16N2O3/c1-12-7-9-13(10-8-12)11-15-16(21)19-18(23)20(17(15)22)14-5-3-2-4-6-14/h2-10,22H,11H2,1H3,(H,19,21,23). The van der Waals surface area contributed by atoms with Gasteiger partial charge in [0.1, 0.15) is 0 Å². The monoisotopic (exact) mass is 308 g/mol. The van der Waals surface area contributed by atoms with Crippen LogP contribution in [-0.4, -0.2) is 14.7 Å². The molecule has 0 fully saturated rings. The molecule has 0 aliphatic carbocycles. The number of hydrogen-bond acceptors (Lipinski definition) is 3. The van der Waals surface area contributed by atoms with E-state index in [1.165, 1.54) is 0 Å². The Morgan fingerprint density at radius 2 is 1.65 bits per heavy atom. The molecule has 2 N–H and O–H groups in total. The SMILES string of the molecule is Cc1ccc(Cc2c(O)n(-c3ccccc3)c(=O)[nH]c2=O)cc1. The maximum Gasteiger partial charge on any atom is 0.335 e. The number of H-pyrrole nitrogens is 1. The second kappa shape index (κ2) is 5.96. The molecule has 0 saturated carbocycles. The molecule has 0 radical (unpaired) electrons. The lowest BCUT2D eigenvalue weighted by Crippen LogP contribution is -2.31. The number of benzene rings is 2. The van der Waals surface area contributed by atoms with Gasteiger partial charge in [-0.25, -0.2) is 9.36 Å². The number of para-hydroxylation sites is 1. The van der Waals surface area contributed by atoms with Gasteiger partial charge in [-0.2, -0.15) is 0 Å². The summed E-state index contributed by atoms with van der Waals surface area (Å²) in [5.41, 5.74) is 1.43. The van der Waals surface area contributed by atoms with Crippen molar-refractivity contribution in [3.05, 3.63) is 92.1 Å². The molecule has 3 aromatic rings. The van der Waals surface area contributed by atoms with Gasteiger partial charge >= 0.3 is 5.69 Å². The van der Waals surface area contributed by atoms with Crippen molar-refractivity contribution < 1.29 is 5.11 Å². The van der Waals surface area contributed by atoms with E-state index in [2.05, 4.69) is 4.98 Å². The molecule has 0 spiro atoms. The van der Waals surface area contributed by atoms with Crippen molar-refractivity contribution in [1.82, 2.24) is 9.55 Å². The van der Waals surface area contributed by atoms with Crippen LogP contribution >= 0.6 is 0 Å². The molecule has 23 heavy (non-hydrogen) atoms. The van der Waals surface area contributed by atoms with Crippen LogP contribution < -0.4 is 11.2 Å². The Bertz CT molecular complexity index is 939. The number of aromatic nitrogens is 2. The van der Waals surface area contributed by atoms with E-state index in [0.717, 1.165) is 15.7 Å². The summed E-state index contributed by atoms with van der Waals surface area (Å²) in [7, 11) is 0. The lowest BCUT2D eigenvalue weighted by atomic mass is 10.1. The van der Waals surface area contributed by atoms with Crippen molar-refractivity contribution in [3.63, 3.8) is 0 Å². The van der Waals surface area contributed by atoms with E-state index >= 15 is 0 Å². The van der Waals surface area contributed by atoms with Gasteiger partial charge in [0.05, 0.1) is 11.3 Å². The molecule has 0 bridgehead atoms. The van der Waals surface area contributed by atoms with Gasteiger partial charge < -0.3 is 5.11 Å². The Balaban J connectivity index is 2.13. The van der Waals surface area contributed by atoms with Crippen LogP contribution in [-0.2, 0) is 6.42 Å². The van der Waals surface area contributed by atoms with Crippen molar-refractivity contribution >= 4 is 0 Å². The molecule has 5 nitrogen and oxygen atoms in total. The molecule has 0 amide bonds. The molecule has 2 aromatic carbocycles. The van der Waals surface area contributed by atoms with E-state index in [1.54, 1.807) is 24.3 Å². The van der Waals surface area contributed by atoms with Crippen molar-refractivity contribution in [2.24, 2.45) is 0 Å². The lowest BCUT2D eigenvalue weighted by Gasteiger charge is -2.11. The first-order valence-electron chi connectivity index (χ1n) is 7.24. The number of nitrogens with one attached hydrogen (secondary N) is 1. The zero-order chi connectivity index (χ0) is 16.4. The second-order valence-electron chi connectivity index (χ2n) is 5.39. The molecule has 0 aliphatic heterocycles. The van der Waals surface area contributed by atoms with Gasteiger partial charge in [0.15, 0.2) is 0 Å². The Hall–Kier alpha value is -3.08. The van der Waals surface area contributed by atoms with Gasteiger partial charge in [-0.1, -0.05) is 48.0 Å². The molecule has 0 unspecified atom stereocenters. The first-order valence-corrected chi connectivity index (χ1v) is 7.24. The molecule has 0 saturated heterocycles. The summed E-state index contributed by atoms with van der Waals surface area (Å²) in [6.07, 6.45) is 0.245. The molecular weight excluding hydrogens is 292 g/mol. The third-order valence-corrected chi connectivity index (χ3v) is 3.70. The molecule has 1 aromatic heterocycles. The smallest absolute Gasteiger partial charge is 0.335 e. The maximum absolute atomic E-state index is 12.1. The molecule has 0 aliphatic rings. The largest absolute Gasteiger partial charge is 0.494 e. The van der Waals surface area contributed by atoms with Crippen LogP contribution in [0, 0.1) is 6.92 Å². The fraction of sp³-hybridized carbons (Fsp3) is 0.111. The third kappa shape index (κ3) is 2.94. The normalized spacial score (nSPS) is 10.7. The topological polar surface area (TPSA) is 75.1 Å². The number of hydrogen-bond donors (Lipinski definition) is 2. The number of nitrogens with zero attached hydrogens (tertiary/aromatic N) is 1. The third-order valence-electron chi connectivity index (χ3n) is 3.70. The molecule has 1 heterocycles. The minimum absolute atomic E-state index is 0.164. The van der Waals surface area contributed by atoms with E-state index in [4.69, 9.17) is 0 Å². The van der Waals surface area contributed by atoms with Crippen molar-refractivity contribution in [2.75, 3.05) is 0 Å². The molecule has 3 rings (SSSR count). The number of aromatic amines is 1. The summed E-state index contributed by atoms with van der Waals surface area (Å²) in [5, 5.41) is 10.5. The first-order chi connectivity index (χ1) is 11.1. The van der Waals surface area contributed by atoms with Crippen LogP contribution in [0.15, 0.2) is 64.2 Å². The van der Waals surface area contributed by atoms with Crippen LogP contribution in [0.5, 0.6) is 5.88 Å². The van der Waals surface area contributed by atoms with Gasteiger partial charge in [-0.15, -0.1) is 0 Å². The van der Waals surface area contributed by atoms with Gasteiger partial charge in [0.25, 0.3) is 5.56 Å². The van der Waals surface area contributed by atoms with Crippen LogP contribution in [0.4, 0.5) is 0 Å². The predicted octanol–water partition coefficient (Wildman–Crippen LogP) is 2.13. The summed E-state index contributed by atoms with van der Waals surface area (Å²) in [5.74, 6) is -0.328. The van der Waals surface area contributed by atoms with Gasteiger partial charge in [-0.05, 0) is 24.6 Å². The molecule has 116 valence electrons. The number of aromatic hydroxyl groups is 1. The highest BCUT2D eigenvalue weighted by molar-refractivity contribution is 5.39. The van der Waals surface area contributed by atoms with Crippen molar-refractivity contribution in [1.29, 1.82) is 0 Å². The average molecular weight is 308 g/mol. The lowest BCUT2D eigenvalue weighted by molar-refractivity contribution is 0.424. The highest BCUT2D eigenvalue weighted by atomic mass is 16.3. The second-order valence-corrected chi connectivity index (χ2v) is 5.39. The van der Waals surface area contributed by atoms with Gasteiger partial charge in [0, 0.05) is 6.42 Å². The number of rotatable bonds is 3. The zero-order valence-electron chi connectivity index (χ0n) is 12.6. The summed E-state index contributed by atoms with van der Waals surface area (Å²) in [4.78, 5) is 26.4. The molecule has 5 heteroatoms. The molecule has 0 atom stereocenters. The summed E-state index contributed by atoms with van der Waals surface area (Å²) in [6.45, 7) is 1.98. The minimum atomic E-state index is -0.661. The Labute approximate surface area is 132 Å². The van der Waals surface area contributed by atoms with Crippen LogP contribution in [0.1, 0.15) is 16.7 Å². The van der Waals surface area contributed by atoms with Crippen LogP contribution in [0.3, 0.4) is 0 Å². The summed E-state index contributed by atoms with van der Waals surface area (Å²) < 4.78 is 1.10. The van der Waals surface area contributed by atoms with Crippen molar-refractivity contribution in [3.8, 4) is 11.6 Å². The van der Waals surface area contributed by atoms with E-state index in [9.17, 15) is 14.7 Å². The van der Waals surface area contributed by atoms with E-state index in [-0.39, 0.29) is 17.9 Å². The van der Waals surface area contributed by atoms with E-state index in [1.807, 2.05) is 37.3 Å². The summed E-state index contributed by atoms with van der Waals surface area (Å²) in [6, 6.07) is 16.4. The Kier molecular flexibility index (Phi) is 3.85. The van der Waals surface area contributed by atoms with Gasteiger partial charge in [0.2, 0.25) is 5.88 Å². The Morgan fingerprint density at radius 1 is 1.00 bits per heavy atom. The molecular formula is C18H16N2O3. The number of aryl methyl sites for hydroxylation is 1.